The lowest BCUT2D eigenvalue weighted by Crippen LogP contribution is -2.36. The third-order valence-corrected chi connectivity index (χ3v) is 2.49. The summed E-state index contributed by atoms with van der Waals surface area (Å²) in [7, 11) is 0. The van der Waals surface area contributed by atoms with Crippen LogP contribution in [0.3, 0.4) is 0 Å². The Kier molecular flexibility index (Phi) is 3.99. The molecule has 0 saturated heterocycles. The molecule has 0 aliphatic carbocycles. The van der Waals surface area contributed by atoms with Gasteiger partial charge >= 0.3 is 12.0 Å². The third kappa shape index (κ3) is 3.34. The van der Waals surface area contributed by atoms with Gasteiger partial charge in [-0.2, -0.15) is 5.10 Å². The van der Waals surface area contributed by atoms with E-state index in [9.17, 15) is 9.59 Å². The van der Waals surface area contributed by atoms with Crippen molar-refractivity contribution in [3.8, 4) is 0 Å². The van der Waals surface area contributed by atoms with Crippen LogP contribution in [0.4, 0.5) is 4.79 Å². The van der Waals surface area contributed by atoms with Crippen molar-refractivity contribution in [2.24, 2.45) is 0 Å². The summed E-state index contributed by atoms with van der Waals surface area (Å²) in [5.41, 5.74) is 0. The second-order valence-corrected chi connectivity index (χ2v) is 3.99. The number of furan rings is 1. The first-order valence-corrected chi connectivity index (χ1v) is 5.78. The zero-order valence-electron chi connectivity index (χ0n) is 10.6. The topological polar surface area (TPSA) is 133 Å². The van der Waals surface area contributed by atoms with E-state index in [0.717, 1.165) is 0 Å². The van der Waals surface area contributed by atoms with Crippen molar-refractivity contribution < 1.29 is 19.1 Å². The monoisotopic (exact) mass is 279 g/mol. The first-order valence-electron chi connectivity index (χ1n) is 5.78. The Balaban J connectivity index is 1.81. The lowest BCUT2D eigenvalue weighted by atomic mass is 10.3. The van der Waals surface area contributed by atoms with Gasteiger partial charge in [-0.05, 0) is 19.1 Å². The minimum Gasteiger partial charge on any atom is -0.475 e. The molecule has 9 nitrogen and oxygen atoms in total. The summed E-state index contributed by atoms with van der Waals surface area (Å²) in [4.78, 5) is 26.2. The normalized spacial score (nSPS) is 11.8. The highest BCUT2D eigenvalue weighted by atomic mass is 16.4. The number of carboxylic acid groups (broad SMARTS) is 1. The Hall–Kier alpha value is -2.84. The van der Waals surface area contributed by atoms with E-state index in [-0.39, 0.29) is 18.3 Å². The summed E-state index contributed by atoms with van der Waals surface area (Å²) in [6, 6.07) is 2.06. The second kappa shape index (κ2) is 5.87. The van der Waals surface area contributed by atoms with Gasteiger partial charge in [0.15, 0.2) is 0 Å². The maximum atomic E-state index is 11.6. The van der Waals surface area contributed by atoms with Gasteiger partial charge in [-0.25, -0.2) is 14.6 Å². The molecule has 0 spiro atoms. The highest BCUT2D eigenvalue weighted by Gasteiger charge is 2.13. The molecule has 20 heavy (non-hydrogen) atoms. The molecule has 9 heteroatoms. The molecule has 0 bridgehead atoms. The number of H-pyrrole nitrogens is 1. The van der Waals surface area contributed by atoms with Crippen LogP contribution in [0.15, 0.2) is 22.9 Å². The van der Waals surface area contributed by atoms with Crippen molar-refractivity contribution in [1.82, 2.24) is 25.8 Å². The summed E-state index contributed by atoms with van der Waals surface area (Å²) in [6.45, 7) is 1.83. The number of nitrogens with zero attached hydrogens (tertiary/aromatic N) is 2. The SMILES string of the molecule is CC(NC(=O)NCc1ccc(C(=O)O)o1)c1ncn[nH]1. The molecule has 0 saturated carbocycles. The first-order chi connectivity index (χ1) is 9.56. The number of amides is 2. The van der Waals surface area contributed by atoms with Crippen LogP contribution < -0.4 is 10.6 Å². The fraction of sp³-hybridized carbons (Fsp3) is 0.273. The zero-order chi connectivity index (χ0) is 14.5. The van der Waals surface area contributed by atoms with Crippen LogP contribution in [0.1, 0.15) is 35.1 Å². The van der Waals surface area contributed by atoms with Gasteiger partial charge in [-0.3, -0.25) is 5.10 Å². The van der Waals surface area contributed by atoms with E-state index in [1.54, 1.807) is 6.92 Å². The van der Waals surface area contributed by atoms with Crippen molar-refractivity contribution in [3.05, 3.63) is 35.8 Å². The number of aromatic amines is 1. The molecule has 0 aromatic carbocycles. The standard InChI is InChI=1S/C11H13N5O4/c1-6(9-13-5-14-16-9)15-11(19)12-4-7-2-3-8(20-7)10(17)18/h2-3,5-6H,4H2,1H3,(H,17,18)(H2,12,15,19)(H,13,14,16). The predicted octanol–water partition coefficient (Wildman–Crippen LogP) is 0.656. The van der Waals surface area contributed by atoms with Gasteiger partial charge in [0.25, 0.3) is 0 Å². The number of hydrogen-bond donors (Lipinski definition) is 4. The van der Waals surface area contributed by atoms with Gasteiger partial charge in [0, 0.05) is 0 Å². The number of rotatable bonds is 5. The Labute approximate surface area is 113 Å². The largest absolute Gasteiger partial charge is 0.475 e. The molecule has 2 aromatic rings. The Morgan fingerprint density at radius 2 is 2.30 bits per heavy atom. The van der Waals surface area contributed by atoms with Crippen molar-refractivity contribution in [2.75, 3.05) is 0 Å². The van der Waals surface area contributed by atoms with E-state index in [2.05, 4.69) is 25.8 Å². The molecule has 0 aliphatic rings. The van der Waals surface area contributed by atoms with Crippen molar-refractivity contribution in [2.45, 2.75) is 19.5 Å². The number of carbonyl (C=O) groups is 2. The molecule has 2 aromatic heterocycles. The Morgan fingerprint density at radius 1 is 1.50 bits per heavy atom. The number of hydrogen-bond acceptors (Lipinski definition) is 5. The molecule has 4 N–H and O–H groups in total. The lowest BCUT2D eigenvalue weighted by molar-refractivity contribution is 0.0660. The van der Waals surface area contributed by atoms with E-state index in [0.29, 0.717) is 11.6 Å². The molecule has 0 radical (unpaired) electrons. The minimum atomic E-state index is -1.15. The summed E-state index contributed by atoms with van der Waals surface area (Å²) < 4.78 is 5.00. The number of urea groups is 1. The van der Waals surface area contributed by atoms with Crippen LogP contribution in [-0.2, 0) is 6.54 Å². The van der Waals surface area contributed by atoms with Gasteiger partial charge in [0.2, 0.25) is 5.76 Å². The number of carboxylic acids is 1. The van der Waals surface area contributed by atoms with Crippen LogP contribution in [0.5, 0.6) is 0 Å². The minimum absolute atomic E-state index is 0.0856. The van der Waals surface area contributed by atoms with Crippen LogP contribution in [0, 0.1) is 0 Å². The predicted molar refractivity (Wildman–Crippen MR) is 65.8 cm³/mol. The van der Waals surface area contributed by atoms with E-state index in [1.807, 2.05) is 0 Å². The quantitative estimate of drug-likeness (QED) is 0.635. The van der Waals surface area contributed by atoms with E-state index < -0.39 is 12.0 Å². The van der Waals surface area contributed by atoms with E-state index >= 15 is 0 Å². The Morgan fingerprint density at radius 3 is 2.90 bits per heavy atom. The first kappa shape index (κ1) is 13.6. The smallest absolute Gasteiger partial charge is 0.371 e. The van der Waals surface area contributed by atoms with Crippen LogP contribution in [0.25, 0.3) is 0 Å². The molecule has 106 valence electrons. The van der Waals surface area contributed by atoms with Crippen LogP contribution in [0.2, 0.25) is 0 Å². The maximum absolute atomic E-state index is 11.6. The van der Waals surface area contributed by atoms with Gasteiger partial charge in [-0.1, -0.05) is 0 Å². The van der Waals surface area contributed by atoms with Gasteiger partial charge in [0.1, 0.15) is 17.9 Å². The lowest BCUT2D eigenvalue weighted by Gasteiger charge is -2.11. The molecular weight excluding hydrogens is 266 g/mol. The zero-order valence-corrected chi connectivity index (χ0v) is 10.6. The molecular formula is C11H13N5O4. The van der Waals surface area contributed by atoms with Gasteiger partial charge in [0.05, 0.1) is 12.6 Å². The van der Waals surface area contributed by atoms with Crippen LogP contribution >= 0.6 is 0 Å². The fourth-order valence-electron chi connectivity index (χ4n) is 1.49. The molecule has 2 rings (SSSR count). The third-order valence-electron chi connectivity index (χ3n) is 2.49. The van der Waals surface area contributed by atoms with Crippen molar-refractivity contribution >= 4 is 12.0 Å². The summed E-state index contributed by atoms with van der Waals surface area (Å²) in [6.07, 6.45) is 1.35. The molecule has 2 amide bonds. The summed E-state index contributed by atoms with van der Waals surface area (Å²) in [5, 5.41) is 20.2. The molecule has 2 heterocycles. The number of aromatic carboxylic acids is 1. The average molecular weight is 279 g/mol. The van der Waals surface area contributed by atoms with Gasteiger partial charge in [-0.15, -0.1) is 0 Å². The van der Waals surface area contributed by atoms with Crippen molar-refractivity contribution in [1.29, 1.82) is 0 Å². The molecule has 1 unspecified atom stereocenters. The molecule has 0 fully saturated rings. The van der Waals surface area contributed by atoms with E-state index in [1.165, 1.54) is 18.5 Å². The highest BCUT2D eigenvalue weighted by Crippen LogP contribution is 2.07. The Bertz CT molecular complexity index is 592. The highest BCUT2D eigenvalue weighted by molar-refractivity contribution is 5.84. The molecule has 1 atom stereocenters. The summed E-state index contributed by atoms with van der Waals surface area (Å²) in [5.74, 6) is -0.437. The van der Waals surface area contributed by atoms with Crippen LogP contribution in [-0.4, -0.2) is 32.3 Å². The average Bonchev–Trinajstić information content (AvgIpc) is 3.07. The number of nitrogens with one attached hydrogen (secondary N) is 3. The fourth-order valence-corrected chi connectivity index (χ4v) is 1.49. The maximum Gasteiger partial charge on any atom is 0.371 e. The van der Waals surface area contributed by atoms with E-state index in [4.69, 9.17) is 9.52 Å². The van der Waals surface area contributed by atoms with Gasteiger partial charge < -0.3 is 20.2 Å². The van der Waals surface area contributed by atoms with Crippen molar-refractivity contribution in [3.63, 3.8) is 0 Å². The second-order valence-electron chi connectivity index (χ2n) is 3.99. The number of aromatic nitrogens is 3. The summed E-state index contributed by atoms with van der Waals surface area (Å²) >= 11 is 0. The number of carbonyl (C=O) groups excluding carboxylic acids is 1. The molecule has 0 aliphatic heterocycles.